The van der Waals surface area contributed by atoms with Crippen LogP contribution in [-0.2, 0) is 0 Å². The van der Waals surface area contributed by atoms with Gasteiger partial charge in [-0.05, 0) is 44.4 Å². The lowest BCUT2D eigenvalue weighted by molar-refractivity contribution is 0.142. The molecule has 2 unspecified atom stereocenters. The Balaban J connectivity index is 1.86. The van der Waals surface area contributed by atoms with Gasteiger partial charge in [0.25, 0.3) is 0 Å². The zero-order valence-electron chi connectivity index (χ0n) is 13.9. The highest BCUT2D eigenvalue weighted by Crippen LogP contribution is 2.18. The Kier molecular flexibility index (Phi) is 6.07. The third kappa shape index (κ3) is 4.91. The summed E-state index contributed by atoms with van der Waals surface area (Å²) in [6.45, 7) is 7.60. The Morgan fingerprint density at radius 1 is 1.55 bits per heavy atom. The minimum Gasteiger partial charge on any atom is -0.497 e. The Labute approximate surface area is 133 Å². The number of piperidine rings is 1. The highest BCUT2D eigenvalue weighted by Gasteiger charge is 2.20. The zero-order valence-corrected chi connectivity index (χ0v) is 13.9. The Hall–Kier alpha value is -1.75. The van der Waals surface area contributed by atoms with Crippen LogP contribution < -0.4 is 15.8 Å². The summed E-state index contributed by atoms with van der Waals surface area (Å²) in [5, 5.41) is 3.11. The number of nitrogens with one attached hydrogen (secondary N) is 1. The van der Waals surface area contributed by atoms with Gasteiger partial charge in [0.2, 0.25) is 0 Å². The molecule has 1 aliphatic heterocycles. The van der Waals surface area contributed by atoms with Crippen molar-refractivity contribution in [1.82, 2.24) is 4.90 Å². The normalized spacial score (nSPS) is 21.4. The fourth-order valence-corrected chi connectivity index (χ4v) is 2.86. The van der Waals surface area contributed by atoms with E-state index in [4.69, 9.17) is 10.5 Å². The number of ether oxygens (including phenoxy) is 1. The number of likely N-dealkylation sites (tertiary alicyclic amines) is 1. The van der Waals surface area contributed by atoms with Gasteiger partial charge in [-0.1, -0.05) is 13.0 Å². The molecule has 1 heterocycles. The summed E-state index contributed by atoms with van der Waals surface area (Å²) in [5.74, 6) is 2.03. The quantitative estimate of drug-likeness (QED) is 0.648. The van der Waals surface area contributed by atoms with E-state index < -0.39 is 0 Å². The average Bonchev–Trinajstić information content (AvgIpc) is 2.52. The van der Waals surface area contributed by atoms with E-state index in [1.165, 1.54) is 25.9 Å². The van der Waals surface area contributed by atoms with Crippen molar-refractivity contribution in [2.45, 2.75) is 32.7 Å². The minimum atomic E-state index is 0.424. The molecule has 2 atom stereocenters. The van der Waals surface area contributed by atoms with E-state index in [9.17, 15) is 0 Å². The highest BCUT2D eigenvalue weighted by atomic mass is 16.5. The van der Waals surface area contributed by atoms with Gasteiger partial charge in [0.1, 0.15) is 5.75 Å². The standard InChI is InChI=1S/C17H28N4O/c1-13-6-5-9-21(12-13)14(2)11-19-17(18)20-15-7-4-8-16(10-15)22-3/h4,7-8,10,13-14H,5-6,9,11-12H2,1-3H3,(H3,18,19,20). The van der Waals surface area contributed by atoms with Crippen LogP contribution in [0.25, 0.3) is 0 Å². The second-order valence-electron chi connectivity index (χ2n) is 6.17. The molecule has 1 saturated heterocycles. The molecule has 1 aromatic carbocycles. The predicted molar refractivity (Wildman–Crippen MR) is 92.5 cm³/mol. The molecule has 0 saturated carbocycles. The van der Waals surface area contributed by atoms with Gasteiger partial charge in [0, 0.05) is 24.3 Å². The molecule has 22 heavy (non-hydrogen) atoms. The van der Waals surface area contributed by atoms with Crippen LogP contribution in [0.3, 0.4) is 0 Å². The Morgan fingerprint density at radius 2 is 2.36 bits per heavy atom. The van der Waals surface area contributed by atoms with E-state index in [1.54, 1.807) is 7.11 Å². The van der Waals surface area contributed by atoms with Crippen LogP contribution in [0.2, 0.25) is 0 Å². The molecule has 1 fully saturated rings. The number of nitrogens with zero attached hydrogens (tertiary/aromatic N) is 2. The predicted octanol–water partition coefficient (Wildman–Crippen LogP) is 2.54. The van der Waals surface area contributed by atoms with Gasteiger partial charge in [-0.15, -0.1) is 0 Å². The van der Waals surface area contributed by atoms with Crippen molar-refractivity contribution in [1.29, 1.82) is 0 Å². The smallest absolute Gasteiger partial charge is 0.193 e. The molecule has 122 valence electrons. The van der Waals surface area contributed by atoms with Crippen LogP contribution in [0.5, 0.6) is 5.75 Å². The molecule has 0 radical (unpaired) electrons. The second kappa shape index (κ2) is 8.03. The van der Waals surface area contributed by atoms with E-state index in [1.807, 2.05) is 24.3 Å². The highest BCUT2D eigenvalue weighted by molar-refractivity contribution is 5.92. The van der Waals surface area contributed by atoms with Gasteiger partial charge in [-0.2, -0.15) is 0 Å². The molecule has 2 rings (SSSR count). The molecular formula is C17H28N4O. The number of methoxy groups -OCH3 is 1. The van der Waals surface area contributed by atoms with Crippen LogP contribution in [0.1, 0.15) is 26.7 Å². The van der Waals surface area contributed by atoms with Gasteiger partial charge in [0.05, 0.1) is 13.7 Å². The molecule has 0 aliphatic carbocycles. The van der Waals surface area contributed by atoms with E-state index in [0.717, 1.165) is 23.9 Å². The molecule has 1 aliphatic rings. The van der Waals surface area contributed by atoms with Crippen molar-refractivity contribution in [2.24, 2.45) is 16.6 Å². The maximum Gasteiger partial charge on any atom is 0.193 e. The lowest BCUT2D eigenvalue weighted by Gasteiger charge is -2.34. The summed E-state index contributed by atoms with van der Waals surface area (Å²) in [6.07, 6.45) is 2.62. The fourth-order valence-electron chi connectivity index (χ4n) is 2.86. The lowest BCUT2D eigenvalue weighted by Crippen LogP contribution is -2.42. The lowest BCUT2D eigenvalue weighted by atomic mass is 9.99. The number of rotatable bonds is 5. The van der Waals surface area contributed by atoms with Crippen molar-refractivity contribution in [3.63, 3.8) is 0 Å². The average molecular weight is 304 g/mol. The maximum absolute atomic E-state index is 5.98. The zero-order chi connectivity index (χ0) is 15.9. The van der Waals surface area contributed by atoms with E-state index in [0.29, 0.717) is 12.0 Å². The molecule has 0 spiro atoms. The molecule has 1 aromatic rings. The number of aliphatic imine (C=N–C) groups is 1. The maximum atomic E-state index is 5.98. The summed E-state index contributed by atoms with van der Waals surface area (Å²) in [6, 6.07) is 8.09. The van der Waals surface area contributed by atoms with Crippen molar-refractivity contribution in [2.75, 3.05) is 32.1 Å². The second-order valence-corrected chi connectivity index (χ2v) is 6.17. The van der Waals surface area contributed by atoms with Crippen LogP contribution in [-0.4, -0.2) is 43.6 Å². The third-order valence-electron chi connectivity index (χ3n) is 4.18. The molecule has 0 aromatic heterocycles. The van der Waals surface area contributed by atoms with Crippen LogP contribution in [0, 0.1) is 5.92 Å². The van der Waals surface area contributed by atoms with Gasteiger partial charge >= 0.3 is 0 Å². The number of nitrogens with two attached hydrogens (primary N) is 1. The number of benzene rings is 1. The van der Waals surface area contributed by atoms with Crippen LogP contribution in [0.15, 0.2) is 29.3 Å². The Bertz CT molecular complexity index is 503. The molecular weight excluding hydrogens is 276 g/mol. The monoisotopic (exact) mass is 304 g/mol. The first-order valence-electron chi connectivity index (χ1n) is 8.03. The topological polar surface area (TPSA) is 62.9 Å². The summed E-state index contributed by atoms with van der Waals surface area (Å²) in [4.78, 5) is 6.99. The summed E-state index contributed by atoms with van der Waals surface area (Å²) in [7, 11) is 1.65. The Morgan fingerprint density at radius 3 is 3.09 bits per heavy atom. The fraction of sp³-hybridized carbons (Fsp3) is 0.588. The van der Waals surface area contributed by atoms with Crippen LogP contribution in [0.4, 0.5) is 5.69 Å². The van der Waals surface area contributed by atoms with Gasteiger partial charge < -0.3 is 15.8 Å². The molecule has 3 N–H and O–H groups in total. The van der Waals surface area contributed by atoms with Crippen molar-refractivity contribution in [3.05, 3.63) is 24.3 Å². The van der Waals surface area contributed by atoms with Gasteiger partial charge in [-0.25, -0.2) is 0 Å². The third-order valence-corrected chi connectivity index (χ3v) is 4.18. The first-order chi connectivity index (χ1) is 10.6. The van der Waals surface area contributed by atoms with E-state index in [-0.39, 0.29) is 0 Å². The first kappa shape index (κ1) is 16.6. The van der Waals surface area contributed by atoms with Crippen molar-refractivity contribution in [3.8, 4) is 5.75 Å². The molecule has 0 amide bonds. The first-order valence-corrected chi connectivity index (χ1v) is 8.03. The largest absolute Gasteiger partial charge is 0.497 e. The van der Waals surface area contributed by atoms with E-state index >= 15 is 0 Å². The molecule has 5 nitrogen and oxygen atoms in total. The van der Waals surface area contributed by atoms with Crippen LogP contribution >= 0.6 is 0 Å². The number of hydrogen-bond acceptors (Lipinski definition) is 3. The molecule has 5 heteroatoms. The van der Waals surface area contributed by atoms with Gasteiger partial charge in [-0.3, -0.25) is 9.89 Å². The summed E-state index contributed by atoms with van der Waals surface area (Å²) < 4.78 is 5.20. The SMILES string of the molecule is COc1cccc(NC(N)=NCC(C)N2CCCC(C)C2)c1. The van der Waals surface area contributed by atoms with Crippen molar-refractivity contribution < 1.29 is 4.74 Å². The van der Waals surface area contributed by atoms with Gasteiger partial charge in [0.15, 0.2) is 5.96 Å². The number of hydrogen-bond donors (Lipinski definition) is 2. The van der Waals surface area contributed by atoms with E-state index in [2.05, 4.69) is 29.1 Å². The summed E-state index contributed by atoms with van der Waals surface area (Å²) >= 11 is 0. The van der Waals surface area contributed by atoms with Crippen molar-refractivity contribution >= 4 is 11.6 Å². The molecule has 0 bridgehead atoms. The summed E-state index contributed by atoms with van der Waals surface area (Å²) in [5.41, 5.74) is 6.87. The number of guanidine groups is 1. The number of anilines is 1. The minimum absolute atomic E-state index is 0.424.